The number of hydrogen-bond acceptors (Lipinski definition) is 4. The Morgan fingerprint density at radius 3 is 1.19 bits per heavy atom. The third-order valence-electron chi connectivity index (χ3n) is 5.20. The fourth-order valence-corrected chi connectivity index (χ4v) is 3.71. The van der Waals surface area contributed by atoms with Gasteiger partial charge in [0.25, 0.3) is 0 Å². The first-order valence-corrected chi connectivity index (χ1v) is 10.5. The van der Waals surface area contributed by atoms with Crippen molar-refractivity contribution in [2.75, 3.05) is 10.6 Å². The van der Waals surface area contributed by atoms with Crippen molar-refractivity contribution in [1.29, 1.82) is 0 Å². The lowest BCUT2D eigenvalue weighted by Crippen LogP contribution is -1.99. The second-order valence-electron chi connectivity index (χ2n) is 7.33. The molecule has 2 aromatic heterocycles. The number of hydrogen-bond donors (Lipinski definition) is 2. The van der Waals surface area contributed by atoms with Crippen LogP contribution in [-0.4, -0.2) is 9.97 Å². The van der Waals surface area contributed by atoms with Crippen molar-refractivity contribution in [3.8, 4) is 22.3 Å². The second-order valence-corrected chi connectivity index (χ2v) is 7.33. The smallest absolute Gasteiger partial charge is 0.138 e. The minimum absolute atomic E-state index is 0.813. The quantitative estimate of drug-likeness (QED) is 0.306. The number of benzene rings is 3. The molecule has 4 nitrogen and oxygen atoms in total. The van der Waals surface area contributed by atoms with E-state index in [1.165, 1.54) is 0 Å². The predicted molar refractivity (Wildman–Crippen MR) is 132 cm³/mol. The second kappa shape index (κ2) is 9.14. The molecule has 0 aliphatic heterocycles. The predicted octanol–water partition coefficient (Wildman–Crippen LogP) is 7.30. The molecule has 3 aromatic carbocycles. The third kappa shape index (κ3) is 4.20. The van der Waals surface area contributed by atoms with Crippen molar-refractivity contribution in [3.05, 3.63) is 122 Å². The third-order valence-corrected chi connectivity index (χ3v) is 5.20. The lowest BCUT2D eigenvalue weighted by atomic mass is 9.95. The van der Waals surface area contributed by atoms with E-state index in [0.717, 1.165) is 45.3 Å². The van der Waals surface area contributed by atoms with Crippen molar-refractivity contribution < 1.29 is 0 Å². The van der Waals surface area contributed by atoms with Crippen molar-refractivity contribution in [2.24, 2.45) is 0 Å². The average Bonchev–Trinajstić information content (AvgIpc) is 2.86. The van der Waals surface area contributed by atoms with Gasteiger partial charge in [0.1, 0.15) is 11.6 Å². The van der Waals surface area contributed by atoms with Crippen LogP contribution in [0, 0.1) is 0 Å². The molecule has 0 fully saturated rings. The maximum atomic E-state index is 4.63. The van der Waals surface area contributed by atoms with Crippen LogP contribution in [0.4, 0.5) is 23.0 Å². The van der Waals surface area contributed by atoms with Gasteiger partial charge in [-0.3, -0.25) is 0 Å². The molecule has 0 aliphatic rings. The van der Waals surface area contributed by atoms with Crippen LogP contribution in [0.2, 0.25) is 0 Å². The minimum atomic E-state index is 0.813. The Balaban J connectivity index is 1.59. The highest BCUT2D eigenvalue weighted by atomic mass is 15.0. The Bertz CT molecular complexity index is 1210. The van der Waals surface area contributed by atoms with Gasteiger partial charge in [0.05, 0.1) is 0 Å². The highest BCUT2D eigenvalue weighted by Crippen LogP contribution is 2.38. The van der Waals surface area contributed by atoms with E-state index in [9.17, 15) is 0 Å². The van der Waals surface area contributed by atoms with Crippen molar-refractivity contribution in [1.82, 2.24) is 9.97 Å². The molecule has 32 heavy (non-hydrogen) atoms. The van der Waals surface area contributed by atoms with E-state index in [2.05, 4.69) is 57.0 Å². The van der Waals surface area contributed by atoms with Crippen LogP contribution >= 0.6 is 0 Å². The van der Waals surface area contributed by atoms with Crippen LogP contribution in [0.5, 0.6) is 0 Å². The molecular weight excluding hydrogens is 392 g/mol. The van der Waals surface area contributed by atoms with E-state index >= 15 is 0 Å². The van der Waals surface area contributed by atoms with Gasteiger partial charge >= 0.3 is 0 Å². The van der Waals surface area contributed by atoms with Crippen LogP contribution in [0.15, 0.2) is 122 Å². The topological polar surface area (TPSA) is 49.8 Å². The van der Waals surface area contributed by atoms with Crippen molar-refractivity contribution in [3.63, 3.8) is 0 Å². The molecule has 0 saturated carbocycles. The standard InChI is InChI=1S/C28H22N4/c1-3-11-21(12-4-1)31-27-25(17-9-19-29-27)23-15-7-8-16-24(23)26-18-10-20-30-28(26)32-22-13-5-2-6-14-22/h1-20H,(H,29,31)(H,30,32). The van der Waals surface area contributed by atoms with Gasteiger partial charge in [0, 0.05) is 34.9 Å². The molecule has 0 unspecified atom stereocenters. The lowest BCUT2D eigenvalue weighted by Gasteiger charge is -2.17. The Morgan fingerprint density at radius 1 is 0.375 bits per heavy atom. The molecule has 0 aliphatic carbocycles. The molecule has 4 heteroatoms. The maximum absolute atomic E-state index is 4.63. The summed E-state index contributed by atoms with van der Waals surface area (Å²) < 4.78 is 0. The summed E-state index contributed by atoms with van der Waals surface area (Å²) in [6.07, 6.45) is 3.62. The minimum Gasteiger partial charge on any atom is -0.340 e. The molecule has 0 amide bonds. The number of rotatable bonds is 6. The molecular formula is C28H22N4. The van der Waals surface area contributed by atoms with Gasteiger partial charge in [-0.15, -0.1) is 0 Å². The summed E-state index contributed by atoms with van der Waals surface area (Å²) >= 11 is 0. The fraction of sp³-hybridized carbons (Fsp3) is 0. The summed E-state index contributed by atoms with van der Waals surface area (Å²) in [7, 11) is 0. The number of nitrogens with one attached hydrogen (secondary N) is 2. The summed E-state index contributed by atoms with van der Waals surface area (Å²) in [5.41, 5.74) is 6.23. The molecule has 0 saturated heterocycles. The van der Waals surface area contributed by atoms with E-state index < -0.39 is 0 Å². The zero-order chi connectivity index (χ0) is 21.6. The molecule has 154 valence electrons. The van der Waals surface area contributed by atoms with Gasteiger partial charge in [0.15, 0.2) is 0 Å². The SMILES string of the molecule is c1ccc(Nc2ncccc2-c2ccccc2-c2cccnc2Nc2ccccc2)cc1. The number of pyridine rings is 2. The molecule has 0 spiro atoms. The normalized spacial score (nSPS) is 10.5. The average molecular weight is 415 g/mol. The molecule has 2 N–H and O–H groups in total. The van der Waals surface area contributed by atoms with Gasteiger partial charge in [-0.1, -0.05) is 60.7 Å². The molecule has 5 rings (SSSR count). The first kappa shape index (κ1) is 19.5. The van der Waals surface area contributed by atoms with E-state index in [1.54, 1.807) is 0 Å². The largest absolute Gasteiger partial charge is 0.340 e. The number of nitrogens with zero attached hydrogens (tertiary/aromatic N) is 2. The van der Waals surface area contributed by atoms with E-state index in [1.807, 2.05) is 85.2 Å². The molecule has 0 radical (unpaired) electrons. The molecule has 5 aromatic rings. The van der Waals surface area contributed by atoms with Crippen LogP contribution in [0.1, 0.15) is 0 Å². The Hall–Kier alpha value is -4.44. The van der Waals surface area contributed by atoms with Crippen LogP contribution in [-0.2, 0) is 0 Å². The van der Waals surface area contributed by atoms with Crippen LogP contribution in [0.25, 0.3) is 22.3 Å². The number of para-hydroxylation sites is 2. The van der Waals surface area contributed by atoms with Gasteiger partial charge in [-0.2, -0.15) is 0 Å². The zero-order valence-electron chi connectivity index (χ0n) is 17.4. The Morgan fingerprint density at radius 2 is 0.750 bits per heavy atom. The molecule has 0 bridgehead atoms. The van der Waals surface area contributed by atoms with E-state index in [0.29, 0.717) is 0 Å². The maximum Gasteiger partial charge on any atom is 0.138 e. The summed E-state index contributed by atoms with van der Waals surface area (Å²) in [6.45, 7) is 0. The molecule has 2 heterocycles. The zero-order valence-corrected chi connectivity index (χ0v) is 17.4. The summed E-state index contributed by atoms with van der Waals surface area (Å²) in [4.78, 5) is 9.27. The monoisotopic (exact) mass is 414 g/mol. The fourth-order valence-electron chi connectivity index (χ4n) is 3.71. The van der Waals surface area contributed by atoms with E-state index in [4.69, 9.17) is 0 Å². The highest BCUT2D eigenvalue weighted by molar-refractivity contribution is 5.92. The van der Waals surface area contributed by atoms with Crippen LogP contribution < -0.4 is 10.6 Å². The van der Waals surface area contributed by atoms with Crippen molar-refractivity contribution >= 4 is 23.0 Å². The van der Waals surface area contributed by atoms with Crippen LogP contribution in [0.3, 0.4) is 0 Å². The van der Waals surface area contributed by atoms with Gasteiger partial charge in [0.2, 0.25) is 0 Å². The summed E-state index contributed by atoms with van der Waals surface area (Å²) in [5, 5.41) is 6.92. The summed E-state index contributed by atoms with van der Waals surface area (Å²) in [6, 6.07) is 36.7. The number of aromatic nitrogens is 2. The van der Waals surface area contributed by atoms with E-state index in [-0.39, 0.29) is 0 Å². The van der Waals surface area contributed by atoms with Crippen molar-refractivity contribution in [2.45, 2.75) is 0 Å². The highest BCUT2D eigenvalue weighted by Gasteiger charge is 2.15. The first-order valence-electron chi connectivity index (χ1n) is 10.5. The Labute approximate surface area is 187 Å². The lowest BCUT2D eigenvalue weighted by molar-refractivity contribution is 1.30. The van der Waals surface area contributed by atoms with Gasteiger partial charge < -0.3 is 10.6 Å². The molecule has 0 atom stereocenters. The summed E-state index contributed by atoms with van der Waals surface area (Å²) in [5.74, 6) is 1.63. The number of anilines is 4. The Kier molecular flexibility index (Phi) is 5.58. The first-order chi connectivity index (χ1) is 15.9. The van der Waals surface area contributed by atoms with Gasteiger partial charge in [-0.05, 0) is 59.7 Å². The van der Waals surface area contributed by atoms with Gasteiger partial charge in [-0.25, -0.2) is 9.97 Å².